The van der Waals surface area contributed by atoms with Crippen LogP contribution < -0.4 is 5.32 Å². The smallest absolute Gasteiger partial charge is 0.295 e. The van der Waals surface area contributed by atoms with Crippen LogP contribution in [0.25, 0.3) is 0 Å². The van der Waals surface area contributed by atoms with Gasteiger partial charge in [0.15, 0.2) is 0 Å². The summed E-state index contributed by atoms with van der Waals surface area (Å²) in [6.07, 6.45) is 0.733. The molecule has 3 aromatic rings. The highest BCUT2D eigenvalue weighted by atomic mass is 16.3. The van der Waals surface area contributed by atoms with Gasteiger partial charge in [-0.2, -0.15) is 0 Å². The zero-order valence-corrected chi connectivity index (χ0v) is 13.3. The number of anilines is 1. The topological polar surface area (TPSA) is 80.0 Å². The van der Waals surface area contributed by atoms with Crippen LogP contribution in [0, 0.1) is 6.92 Å². The number of aryl methyl sites for hydroxylation is 1. The predicted molar refractivity (Wildman–Crippen MR) is 90.6 cm³/mol. The molecule has 3 rings (SSSR count). The Morgan fingerprint density at radius 1 is 1.17 bits per heavy atom. The van der Waals surface area contributed by atoms with E-state index in [2.05, 4.69) is 15.4 Å². The first-order valence-corrected chi connectivity index (χ1v) is 7.62. The second kappa shape index (κ2) is 7.06. The normalized spacial score (nSPS) is 11.9. The lowest BCUT2D eigenvalue weighted by Crippen LogP contribution is -2.15. The second-order valence-electron chi connectivity index (χ2n) is 5.54. The van der Waals surface area contributed by atoms with Gasteiger partial charge in [0.05, 0.1) is 12.6 Å². The SMILES string of the molecule is Cc1ccc(NC(=O)c2ncn(C[C@@H](O)c3ccccc3)n2)cc1. The number of nitrogens with one attached hydrogen (secondary N) is 1. The summed E-state index contributed by atoms with van der Waals surface area (Å²) < 4.78 is 1.46. The summed E-state index contributed by atoms with van der Waals surface area (Å²) in [6, 6.07) is 16.8. The van der Waals surface area contributed by atoms with Gasteiger partial charge in [-0.15, -0.1) is 5.10 Å². The number of aliphatic hydroxyl groups excluding tert-OH is 1. The lowest BCUT2D eigenvalue weighted by molar-refractivity contribution is 0.101. The zero-order valence-electron chi connectivity index (χ0n) is 13.3. The lowest BCUT2D eigenvalue weighted by atomic mass is 10.1. The fourth-order valence-electron chi connectivity index (χ4n) is 2.27. The number of aromatic nitrogens is 3. The van der Waals surface area contributed by atoms with Crippen molar-refractivity contribution in [3.8, 4) is 0 Å². The minimum atomic E-state index is -0.707. The van der Waals surface area contributed by atoms with E-state index < -0.39 is 6.10 Å². The molecule has 1 amide bonds. The van der Waals surface area contributed by atoms with Crippen molar-refractivity contribution >= 4 is 11.6 Å². The molecule has 6 nitrogen and oxygen atoms in total. The summed E-state index contributed by atoms with van der Waals surface area (Å²) in [5.41, 5.74) is 2.59. The van der Waals surface area contributed by atoms with E-state index in [1.54, 1.807) is 0 Å². The number of carbonyl (C=O) groups excluding carboxylic acids is 1. The summed E-state index contributed by atoms with van der Waals surface area (Å²) in [4.78, 5) is 16.2. The van der Waals surface area contributed by atoms with Crippen LogP contribution in [0.1, 0.15) is 27.8 Å². The molecule has 2 N–H and O–H groups in total. The van der Waals surface area contributed by atoms with Crippen LogP contribution in [0.3, 0.4) is 0 Å². The van der Waals surface area contributed by atoms with Gasteiger partial charge in [0.1, 0.15) is 6.33 Å². The van der Waals surface area contributed by atoms with Gasteiger partial charge in [0.2, 0.25) is 5.82 Å². The van der Waals surface area contributed by atoms with E-state index in [1.807, 2.05) is 61.5 Å². The minimum Gasteiger partial charge on any atom is -0.386 e. The van der Waals surface area contributed by atoms with Crippen molar-refractivity contribution in [3.63, 3.8) is 0 Å². The Hall–Kier alpha value is -2.99. The maximum Gasteiger partial charge on any atom is 0.295 e. The molecule has 0 saturated heterocycles. The third-order valence-electron chi connectivity index (χ3n) is 3.59. The van der Waals surface area contributed by atoms with E-state index in [0.29, 0.717) is 5.69 Å². The molecule has 0 aliphatic rings. The molecule has 0 bridgehead atoms. The lowest BCUT2D eigenvalue weighted by Gasteiger charge is -2.10. The highest BCUT2D eigenvalue weighted by Crippen LogP contribution is 2.14. The minimum absolute atomic E-state index is 0.0656. The third kappa shape index (κ3) is 3.85. The third-order valence-corrected chi connectivity index (χ3v) is 3.59. The average molecular weight is 322 g/mol. The van der Waals surface area contributed by atoms with Gasteiger partial charge in [-0.1, -0.05) is 48.0 Å². The summed E-state index contributed by atoms with van der Waals surface area (Å²) in [7, 11) is 0. The van der Waals surface area contributed by atoms with Gasteiger partial charge in [-0.25, -0.2) is 9.67 Å². The molecule has 0 saturated carbocycles. The standard InChI is InChI=1S/C18H18N4O2/c1-13-7-9-15(10-8-13)20-18(24)17-19-12-22(21-17)11-16(23)14-5-3-2-4-6-14/h2-10,12,16,23H,11H2,1H3,(H,20,24)/t16-/m1/s1. The van der Waals surface area contributed by atoms with E-state index in [0.717, 1.165) is 11.1 Å². The Morgan fingerprint density at radius 3 is 2.58 bits per heavy atom. The summed E-state index contributed by atoms with van der Waals surface area (Å²) >= 11 is 0. The molecule has 0 unspecified atom stereocenters. The molecule has 6 heteroatoms. The highest BCUT2D eigenvalue weighted by molar-refractivity contribution is 6.01. The van der Waals surface area contributed by atoms with Crippen molar-refractivity contribution in [1.29, 1.82) is 0 Å². The Balaban J connectivity index is 1.64. The van der Waals surface area contributed by atoms with Crippen LogP contribution >= 0.6 is 0 Å². The number of nitrogens with zero attached hydrogens (tertiary/aromatic N) is 3. The van der Waals surface area contributed by atoms with Crippen LogP contribution in [-0.2, 0) is 6.54 Å². The van der Waals surface area contributed by atoms with Crippen LogP contribution in [0.15, 0.2) is 60.9 Å². The molecule has 0 aliphatic heterocycles. The Kier molecular flexibility index (Phi) is 4.67. The number of rotatable bonds is 5. The van der Waals surface area contributed by atoms with Crippen molar-refractivity contribution in [2.75, 3.05) is 5.32 Å². The van der Waals surface area contributed by atoms with Gasteiger partial charge >= 0.3 is 0 Å². The number of amides is 1. The molecule has 1 aromatic heterocycles. The van der Waals surface area contributed by atoms with E-state index in [9.17, 15) is 9.90 Å². The molecule has 0 fully saturated rings. The Bertz CT molecular complexity index is 813. The van der Waals surface area contributed by atoms with Crippen LogP contribution in [0.2, 0.25) is 0 Å². The van der Waals surface area contributed by atoms with Crippen molar-refractivity contribution in [3.05, 3.63) is 77.9 Å². The maximum atomic E-state index is 12.2. The quantitative estimate of drug-likeness (QED) is 0.756. The first kappa shape index (κ1) is 15.9. The highest BCUT2D eigenvalue weighted by Gasteiger charge is 2.14. The molecular formula is C18H18N4O2. The molecule has 1 heterocycles. The number of hydrogen-bond donors (Lipinski definition) is 2. The zero-order chi connectivity index (χ0) is 16.9. The van der Waals surface area contributed by atoms with Gasteiger partial charge < -0.3 is 10.4 Å². The van der Waals surface area contributed by atoms with Crippen molar-refractivity contribution in [1.82, 2.24) is 14.8 Å². The summed E-state index contributed by atoms with van der Waals surface area (Å²) in [5.74, 6) is -0.317. The van der Waals surface area contributed by atoms with E-state index in [-0.39, 0.29) is 18.3 Å². The number of carbonyl (C=O) groups is 1. The van der Waals surface area contributed by atoms with E-state index in [4.69, 9.17) is 0 Å². The Labute approximate surface area is 139 Å². The van der Waals surface area contributed by atoms with Gasteiger partial charge in [0, 0.05) is 5.69 Å². The molecule has 2 aromatic carbocycles. The number of hydrogen-bond acceptors (Lipinski definition) is 4. The molecule has 0 aliphatic carbocycles. The van der Waals surface area contributed by atoms with Gasteiger partial charge in [-0.05, 0) is 24.6 Å². The van der Waals surface area contributed by atoms with Gasteiger partial charge in [-0.3, -0.25) is 4.79 Å². The van der Waals surface area contributed by atoms with Crippen LogP contribution in [0.5, 0.6) is 0 Å². The molecule has 1 atom stereocenters. The van der Waals surface area contributed by atoms with Crippen molar-refractivity contribution in [2.45, 2.75) is 19.6 Å². The number of benzene rings is 2. The largest absolute Gasteiger partial charge is 0.386 e. The molecule has 122 valence electrons. The van der Waals surface area contributed by atoms with E-state index >= 15 is 0 Å². The maximum absolute atomic E-state index is 12.2. The summed E-state index contributed by atoms with van der Waals surface area (Å²) in [5, 5.41) is 17.1. The predicted octanol–water partition coefficient (Wildman–Crippen LogP) is 2.57. The molecule has 24 heavy (non-hydrogen) atoms. The van der Waals surface area contributed by atoms with Gasteiger partial charge in [0.25, 0.3) is 5.91 Å². The monoisotopic (exact) mass is 322 g/mol. The Morgan fingerprint density at radius 2 is 1.88 bits per heavy atom. The van der Waals surface area contributed by atoms with Crippen LogP contribution in [0.4, 0.5) is 5.69 Å². The molecule has 0 spiro atoms. The first-order chi connectivity index (χ1) is 11.6. The fraction of sp³-hybridized carbons (Fsp3) is 0.167. The first-order valence-electron chi connectivity index (χ1n) is 7.62. The number of aliphatic hydroxyl groups is 1. The van der Waals surface area contributed by atoms with E-state index in [1.165, 1.54) is 11.0 Å². The average Bonchev–Trinajstić information content (AvgIpc) is 3.06. The van der Waals surface area contributed by atoms with Crippen LogP contribution in [-0.4, -0.2) is 25.8 Å². The second-order valence-corrected chi connectivity index (χ2v) is 5.54. The van der Waals surface area contributed by atoms with Crippen molar-refractivity contribution < 1.29 is 9.90 Å². The van der Waals surface area contributed by atoms with Crippen molar-refractivity contribution in [2.24, 2.45) is 0 Å². The molecular weight excluding hydrogens is 304 g/mol. The molecule has 0 radical (unpaired) electrons. The fourth-order valence-corrected chi connectivity index (χ4v) is 2.27. The summed E-state index contributed by atoms with van der Waals surface area (Å²) in [6.45, 7) is 2.21.